The van der Waals surface area contributed by atoms with Gasteiger partial charge in [0.25, 0.3) is 11.6 Å². The zero-order chi connectivity index (χ0) is 21.1. The van der Waals surface area contributed by atoms with E-state index < -0.39 is 4.92 Å². The Hall–Kier alpha value is -3.27. The van der Waals surface area contributed by atoms with Crippen molar-refractivity contribution in [2.75, 3.05) is 19.7 Å². The molecule has 0 bridgehead atoms. The molecule has 10 heteroatoms. The van der Waals surface area contributed by atoms with Gasteiger partial charge in [-0.05, 0) is 18.4 Å². The molecule has 2 aliphatic heterocycles. The third kappa shape index (κ3) is 4.33. The lowest BCUT2D eigenvalue weighted by molar-refractivity contribution is -0.384. The van der Waals surface area contributed by atoms with Gasteiger partial charge in [-0.25, -0.2) is 0 Å². The molecule has 0 aliphatic carbocycles. The van der Waals surface area contributed by atoms with Gasteiger partial charge >= 0.3 is 0 Å². The van der Waals surface area contributed by atoms with E-state index in [2.05, 4.69) is 15.5 Å². The molecule has 30 heavy (non-hydrogen) atoms. The number of aromatic amines is 1. The lowest BCUT2D eigenvalue weighted by Gasteiger charge is -2.27. The Kier molecular flexibility index (Phi) is 5.75. The molecule has 0 saturated carbocycles. The van der Waals surface area contributed by atoms with Crippen LogP contribution in [0.5, 0.6) is 0 Å². The molecule has 4 rings (SSSR count). The molecule has 158 valence electrons. The summed E-state index contributed by atoms with van der Waals surface area (Å²) >= 11 is 0. The molecule has 0 unspecified atom stereocenters. The van der Waals surface area contributed by atoms with Crippen LogP contribution in [0.25, 0.3) is 0 Å². The number of carbonyl (C=O) groups excluding carboxylic acids is 2. The van der Waals surface area contributed by atoms with Crippen molar-refractivity contribution in [1.29, 1.82) is 0 Å². The molecule has 1 fully saturated rings. The summed E-state index contributed by atoms with van der Waals surface area (Å²) in [5.41, 5.74) is 2.62. The Labute approximate surface area is 172 Å². The average molecular weight is 413 g/mol. The summed E-state index contributed by atoms with van der Waals surface area (Å²) < 4.78 is 5.53. The lowest BCUT2D eigenvalue weighted by atomic mass is 10.0. The molecule has 2 aliphatic rings. The Morgan fingerprint density at radius 2 is 2.13 bits per heavy atom. The number of hydrogen-bond donors (Lipinski definition) is 2. The Morgan fingerprint density at radius 1 is 1.33 bits per heavy atom. The van der Waals surface area contributed by atoms with Crippen molar-refractivity contribution in [3.63, 3.8) is 0 Å². The van der Waals surface area contributed by atoms with Gasteiger partial charge in [0.05, 0.1) is 17.4 Å². The maximum Gasteiger partial charge on any atom is 0.272 e. The van der Waals surface area contributed by atoms with E-state index >= 15 is 0 Å². The maximum absolute atomic E-state index is 12.7. The molecule has 0 radical (unpaired) electrons. The monoisotopic (exact) mass is 413 g/mol. The highest BCUT2D eigenvalue weighted by Crippen LogP contribution is 2.22. The number of hydrogen-bond acceptors (Lipinski definition) is 6. The van der Waals surface area contributed by atoms with E-state index in [4.69, 9.17) is 4.74 Å². The quantitative estimate of drug-likeness (QED) is 0.543. The minimum atomic E-state index is -0.470. The first-order valence-corrected chi connectivity index (χ1v) is 9.98. The summed E-state index contributed by atoms with van der Waals surface area (Å²) in [6.45, 7) is 2.01. The van der Waals surface area contributed by atoms with Gasteiger partial charge in [-0.15, -0.1) is 0 Å². The topological polar surface area (TPSA) is 130 Å². The number of amides is 2. The number of H-pyrrole nitrogens is 1. The largest absolute Gasteiger partial charge is 0.376 e. The normalized spacial score (nSPS) is 18.1. The number of nitrogens with one attached hydrogen (secondary N) is 2. The number of rotatable bonds is 6. The van der Waals surface area contributed by atoms with Crippen LogP contribution in [-0.2, 0) is 28.9 Å². The van der Waals surface area contributed by atoms with Gasteiger partial charge in [0.2, 0.25) is 5.91 Å². The van der Waals surface area contributed by atoms with Crippen molar-refractivity contribution in [2.24, 2.45) is 0 Å². The fraction of sp³-hybridized carbons (Fsp3) is 0.450. The molecule has 2 N–H and O–H groups in total. The van der Waals surface area contributed by atoms with Crippen molar-refractivity contribution in [1.82, 2.24) is 20.4 Å². The van der Waals surface area contributed by atoms with Crippen LogP contribution >= 0.6 is 0 Å². The van der Waals surface area contributed by atoms with Gasteiger partial charge in [0, 0.05) is 56.1 Å². The minimum Gasteiger partial charge on any atom is -0.376 e. The highest BCUT2D eigenvalue weighted by Gasteiger charge is 2.28. The first-order chi connectivity index (χ1) is 14.5. The number of fused-ring (bicyclic) bond motifs is 1. The number of ether oxygens (including phenoxy) is 1. The first kappa shape index (κ1) is 20.0. The van der Waals surface area contributed by atoms with Crippen LogP contribution in [-0.4, -0.2) is 57.6 Å². The molecule has 2 aromatic rings. The molecule has 1 aromatic heterocycles. The molecule has 1 atom stereocenters. The predicted molar refractivity (Wildman–Crippen MR) is 106 cm³/mol. The van der Waals surface area contributed by atoms with Crippen LogP contribution in [0.2, 0.25) is 0 Å². The number of benzene rings is 1. The standard InChI is InChI=1S/C20H23N5O5/c26-18(10-13-3-5-14(6-4-13)25(28)29)24-8-7-17-16(12-24)19(23-22-17)20(27)21-11-15-2-1-9-30-15/h3-6,15H,1-2,7-12H2,(H,21,27)(H,22,23)/t15-/m1/s1. The SMILES string of the molecule is O=C(NC[C@H]1CCCO1)c1n[nH]c2c1CN(C(=O)Cc1ccc([N+](=O)[O-])cc1)CC2. The molecule has 10 nitrogen and oxygen atoms in total. The van der Waals surface area contributed by atoms with Gasteiger partial charge in [-0.3, -0.25) is 24.8 Å². The van der Waals surface area contributed by atoms with Crippen molar-refractivity contribution < 1.29 is 19.2 Å². The predicted octanol–water partition coefficient (Wildman–Crippen LogP) is 1.35. The third-order valence-electron chi connectivity index (χ3n) is 5.52. The Morgan fingerprint density at radius 3 is 2.83 bits per heavy atom. The van der Waals surface area contributed by atoms with Crippen LogP contribution in [0.15, 0.2) is 24.3 Å². The lowest BCUT2D eigenvalue weighted by Crippen LogP contribution is -2.38. The number of nitrogens with zero attached hydrogens (tertiary/aromatic N) is 3. The Bertz CT molecular complexity index is 949. The summed E-state index contributed by atoms with van der Waals surface area (Å²) in [7, 11) is 0. The molecular weight excluding hydrogens is 390 g/mol. The summed E-state index contributed by atoms with van der Waals surface area (Å²) in [5.74, 6) is -0.367. The van der Waals surface area contributed by atoms with Crippen molar-refractivity contribution in [3.8, 4) is 0 Å². The summed E-state index contributed by atoms with van der Waals surface area (Å²) in [6, 6.07) is 5.97. The highest BCUT2D eigenvalue weighted by molar-refractivity contribution is 5.94. The van der Waals surface area contributed by atoms with Crippen molar-refractivity contribution >= 4 is 17.5 Å². The zero-order valence-electron chi connectivity index (χ0n) is 16.4. The molecule has 3 heterocycles. The summed E-state index contributed by atoms with van der Waals surface area (Å²) in [5, 5.41) is 20.7. The summed E-state index contributed by atoms with van der Waals surface area (Å²) in [6.07, 6.45) is 2.72. The van der Waals surface area contributed by atoms with Gasteiger partial charge in [-0.1, -0.05) is 12.1 Å². The molecule has 0 spiro atoms. The fourth-order valence-electron chi connectivity index (χ4n) is 3.81. The minimum absolute atomic E-state index is 0.00846. The zero-order valence-corrected chi connectivity index (χ0v) is 16.4. The molecule has 1 saturated heterocycles. The van der Waals surface area contributed by atoms with E-state index in [-0.39, 0.29) is 30.0 Å². The van der Waals surface area contributed by atoms with Gasteiger partial charge in [0.1, 0.15) is 0 Å². The smallest absolute Gasteiger partial charge is 0.272 e. The first-order valence-electron chi connectivity index (χ1n) is 9.98. The second-order valence-corrected chi connectivity index (χ2v) is 7.54. The molecule has 2 amide bonds. The fourth-order valence-corrected chi connectivity index (χ4v) is 3.81. The van der Waals surface area contributed by atoms with Gasteiger partial charge in [-0.2, -0.15) is 5.10 Å². The average Bonchev–Trinajstić information content (AvgIpc) is 3.41. The van der Waals surface area contributed by atoms with Crippen LogP contribution in [0.3, 0.4) is 0 Å². The molecule has 1 aromatic carbocycles. The Balaban J connectivity index is 1.38. The number of aromatic nitrogens is 2. The van der Waals surface area contributed by atoms with Gasteiger partial charge in [0.15, 0.2) is 5.69 Å². The maximum atomic E-state index is 12.7. The van der Waals surface area contributed by atoms with Crippen LogP contribution in [0.1, 0.15) is 40.2 Å². The van der Waals surface area contributed by atoms with E-state index in [0.29, 0.717) is 37.3 Å². The number of nitro groups is 1. The van der Waals surface area contributed by atoms with Crippen LogP contribution in [0.4, 0.5) is 5.69 Å². The number of non-ortho nitro benzene ring substituents is 1. The van der Waals surface area contributed by atoms with Gasteiger partial charge < -0.3 is 15.0 Å². The second kappa shape index (κ2) is 8.62. The third-order valence-corrected chi connectivity index (χ3v) is 5.52. The molecular formula is C20H23N5O5. The summed E-state index contributed by atoms with van der Waals surface area (Å²) in [4.78, 5) is 37.3. The van der Waals surface area contributed by atoms with Crippen LogP contribution < -0.4 is 5.32 Å². The van der Waals surface area contributed by atoms with Crippen molar-refractivity contribution in [2.45, 2.75) is 38.3 Å². The second-order valence-electron chi connectivity index (χ2n) is 7.54. The van der Waals surface area contributed by atoms with E-state index in [1.807, 2.05) is 0 Å². The van der Waals surface area contributed by atoms with Crippen molar-refractivity contribution in [3.05, 3.63) is 56.9 Å². The van der Waals surface area contributed by atoms with E-state index in [0.717, 1.165) is 30.7 Å². The van der Waals surface area contributed by atoms with E-state index in [1.165, 1.54) is 12.1 Å². The highest BCUT2D eigenvalue weighted by atomic mass is 16.6. The van der Waals surface area contributed by atoms with Crippen LogP contribution in [0, 0.1) is 10.1 Å². The number of carbonyl (C=O) groups is 2. The van der Waals surface area contributed by atoms with E-state index in [9.17, 15) is 19.7 Å². The number of nitro benzene ring substituents is 1. The van der Waals surface area contributed by atoms with E-state index in [1.54, 1.807) is 17.0 Å².